The fraction of sp³-hybridized carbons (Fsp3) is 0.520. The van der Waals surface area contributed by atoms with Crippen molar-refractivity contribution in [3.8, 4) is 0 Å². The van der Waals surface area contributed by atoms with Crippen LogP contribution in [-0.4, -0.2) is 77.7 Å². The van der Waals surface area contributed by atoms with E-state index in [4.69, 9.17) is 27.9 Å². The van der Waals surface area contributed by atoms with E-state index < -0.39 is 18.1 Å². The Bertz CT molecular complexity index is 1140. The maximum Gasteiger partial charge on any atom is 0.255 e. The molecule has 3 aliphatic heterocycles. The summed E-state index contributed by atoms with van der Waals surface area (Å²) in [7, 11) is 1.55. The van der Waals surface area contributed by atoms with Crippen LogP contribution >= 0.6 is 23.2 Å². The quantitative estimate of drug-likeness (QED) is 0.619. The van der Waals surface area contributed by atoms with E-state index >= 15 is 0 Å². The molecular formula is C25H29Cl2N3O5. The van der Waals surface area contributed by atoms with Crippen LogP contribution in [-0.2, 0) is 20.7 Å². The van der Waals surface area contributed by atoms with Gasteiger partial charge in [0.05, 0.1) is 22.6 Å². The van der Waals surface area contributed by atoms with Crippen molar-refractivity contribution in [2.24, 2.45) is 16.8 Å². The SMILES string of the molecule is COC(c1cc(Cl)c2c(c1Cl)C(=O)N(CC1C(=O)N=C(C)C=C1C)CC2)C1CN(C(=O)[C@@H](C)O)C1. The number of fused-ring (bicyclic) bond motifs is 1. The van der Waals surface area contributed by atoms with Crippen molar-refractivity contribution in [2.75, 3.05) is 33.3 Å². The number of aliphatic hydroxyl groups is 1. The number of halogens is 2. The summed E-state index contributed by atoms with van der Waals surface area (Å²) in [5.74, 6) is -1.41. The lowest BCUT2D eigenvalue weighted by molar-refractivity contribution is -0.149. The molecule has 3 aliphatic rings. The van der Waals surface area contributed by atoms with Crippen LogP contribution in [0.4, 0.5) is 0 Å². The van der Waals surface area contributed by atoms with Crippen LogP contribution in [0.5, 0.6) is 0 Å². The molecule has 1 aromatic rings. The summed E-state index contributed by atoms with van der Waals surface area (Å²) in [6.45, 7) is 6.54. The fourth-order valence-corrected chi connectivity index (χ4v) is 5.77. The molecule has 2 unspecified atom stereocenters. The molecule has 1 N–H and O–H groups in total. The summed E-state index contributed by atoms with van der Waals surface area (Å²) in [5, 5.41) is 10.3. The zero-order chi connectivity index (χ0) is 25.6. The Labute approximate surface area is 214 Å². The zero-order valence-corrected chi connectivity index (χ0v) is 21.7. The number of hydrogen-bond acceptors (Lipinski definition) is 5. The minimum absolute atomic E-state index is 0.0575. The average molecular weight is 522 g/mol. The number of benzene rings is 1. The van der Waals surface area contributed by atoms with Crippen molar-refractivity contribution in [1.82, 2.24) is 9.80 Å². The number of carbonyl (C=O) groups excluding carboxylic acids is 3. The molecule has 0 bridgehead atoms. The zero-order valence-electron chi connectivity index (χ0n) is 20.2. The standard InChI is InChI=1S/C25H29Cl2N3O5/c1-12-7-13(2)28-23(32)18(12)11-29-6-5-16-19(26)8-17(21(27)20(16)25(29)34)22(35-4)15-9-30(10-15)24(33)14(3)31/h7-8,14-15,18,22,31H,5-6,9-11H2,1-4H3/t14-,18?,22?/m1/s1. The fourth-order valence-electron chi connectivity index (χ4n) is 5.11. The van der Waals surface area contributed by atoms with E-state index in [1.54, 1.807) is 29.9 Å². The first kappa shape index (κ1) is 25.8. The molecule has 0 aromatic heterocycles. The lowest BCUT2D eigenvalue weighted by Crippen LogP contribution is -2.55. The van der Waals surface area contributed by atoms with Crippen molar-refractivity contribution in [3.05, 3.63) is 44.5 Å². The van der Waals surface area contributed by atoms with Crippen LogP contribution < -0.4 is 0 Å². The highest BCUT2D eigenvalue weighted by atomic mass is 35.5. The summed E-state index contributed by atoms with van der Waals surface area (Å²) in [6.07, 6.45) is 0.841. The van der Waals surface area contributed by atoms with Gasteiger partial charge in [-0.25, -0.2) is 4.99 Å². The molecule has 35 heavy (non-hydrogen) atoms. The van der Waals surface area contributed by atoms with Gasteiger partial charge in [0, 0.05) is 55.5 Å². The Morgan fingerprint density at radius 3 is 2.57 bits per heavy atom. The number of carbonyl (C=O) groups is 3. The number of aliphatic imine (C=N–C) groups is 1. The van der Waals surface area contributed by atoms with Crippen LogP contribution in [0, 0.1) is 11.8 Å². The molecule has 1 saturated heterocycles. The molecular weight excluding hydrogens is 493 g/mol. The highest BCUT2D eigenvalue weighted by molar-refractivity contribution is 6.37. The smallest absolute Gasteiger partial charge is 0.255 e. The number of methoxy groups -OCH3 is 1. The molecule has 0 saturated carbocycles. The Morgan fingerprint density at radius 1 is 1.29 bits per heavy atom. The van der Waals surface area contributed by atoms with Crippen molar-refractivity contribution in [3.63, 3.8) is 0 Å². The second-order valence-corrected chi connectivity index (χ2v) is 10.3. The van der Waals surface area contributed by atoms with Crippen LogP contribution in [0.1, 0.15) is 48.4 Å². The normalized spacial score (nSPS) is 22.3. The molecule has 1 aromatic carbocycles. The summed E-state index contributed by atoms with van der Waals surface area (Å²) in [4.78, 5) is 45.4. The molecule has 8 nitrogen and oxygen atoms in total. The van der Waals surface area contributed by atoms with E-state index in [1.807, 2.05) is 13.0 Å². The van der Waals surface area contributed by atoms with Crippen LogP contribution in [0.2, 0.25) is 10.0 Å². The number of likely N-dealkylation sites (tertiary alicyclic amines) is 1. The van der Waals surface area contributed by atoms with E-state index in [1.165, 1.54) is 6.92 Å². The molecule has 3 atom stereocenters. The summed E-state index contributed by atoms with van der Waals surface area (Å²) >= 11 is 13.4. The second-order valence-electron chi connectivity index (χ2n) is 9.48. The van der Waals surface area contributed by atoms with E-state index in [-0.39, 0.29) is 35.2 Å². The lowest BCUT2D eigenvalue weighted by atomic mass is 9.85. The number of dihydropyridines is 1. The number of nitrogens with zero attached hydrogens (tertiary/aromatic N) is 3. The first-order chi connectivity index (χ1) is 16.5. The summed E-state index contributed by atoms with van der Waals surface area (Å²) in [6, 6.07) is 1.74. The van der Waals surface area contributed by atoms with Crippen molar-refractivity contribution in [2.45, 2.75) is 39.4 Å². The monoisotopic (exact) mass is 521 g/mol. The predicted octanol–water partition coefficient (Wildman–Crippen LogP) is 3.08. The Morgan fingerprint density at radius 2 is 1.97 bits per heavy atom. The first-order valence-electron chi connectivity index (χ1n) is 11.6. The van der Waals surface area contributed by atoms with E-state index in [2.05, 4.69) is 4.99 Å². The van der Waals surface area contributed by atoms with E-state index in [9.17, 15) is 19.5 Å². The maximum atomic E-state index is 13.6. The van der Waals surface area contributed by atoms with Gasteiger partial charge in [-0.05, 0) is 44.9 Å². The van der Waals surface area contributed by atoms with Gasteiger partial charge in [-0.15, -0.1) is 0 Å². The summed E-state index contributed by atoms with van der Waals surface area (Å²) < 4.78 is 5.74. The van der Waals surface area contributed by atoms with Gasteiger partial charge in [0.25, 0.3) is 17.7 Å². The third-order valence-electron chi connectivity index (χ3n) is 7.02. The number of rotatable bonds is 6. The number of amides is 3. The number of aliphatic hydroxyl groups excluding tert-OH is 1. The third-order valence-corrected chi connectivity index (χ3v) is 7.76. The minimum Gasteiger partial charge on any atom is -0.384 e. The van der Waals surface area contributed by atoms with Gasteiger partial charge in [-0.1, -0.05) is 28.8 Å². The second kappa shape index (κ2) is 10.0. The van der Waals surface area contributed by atoms with Crippen molar-refractivity contribution < 1.29 is 24.2 Å². The van der Waals surface area contributed by atoms with Gasteiger partial charge < -0.3 is 19.6 Å². The number of ether oxygens (including phenoxy) is 1. The molecule has 0 aliphatic carbocycles. The van der Waals surface area contributed by atoms with Crippen LogP contribution in [0.25, 0.3) is 0 Å². The summed E-state index contributed by atoms with van der Waals surface area (Å²) in [5.41, 5.74) is 3.15. The molecule has 4 rings (SSSR count). The van der Waals surface area contributed by atoms with Gasteiger partial charge >= 0.3 is 0 Å². The molecule has 10 heteroatoms. The van der Waals surface area contributed by atoms with E-state index in [0.29, 0.717) is 53.5 Å². The highest BCUT2D eigenvalue weighted by Gasteiger charge is 2.41. The maximum absolute atomic E-state index is 13.6. The Balaban J connectivity index is 1.59. The molecule has 0 radical (unpaired) electrons. The first-order valence-corrected chi connectivity index (χ1v) is 12.4. The lowest BCUT2D eigenvalue weighted by Gasteiger charge is -2.44. The third kappa shape index (κ3) is 4.77. The Kier molecular flexibility index (Phi) is 7.38. The average Bonchev–Trinajstić information content (AvgIpc) is 2.76. The van der Waals surface area contributed by atoms with Crippen LogP contribution in [0.15, 0.2) is 22.7 Å². The van der Waals surface area contributed by atoms with E-state index in [0.717, 1.165) is 5.57 Å². The van der Waals surface area contributed by atoms with Gasteiger partial charge in [0.1, 0.15) is 6.10 Å². The molecule has 1 fully saturated rings. The highest BCUT2D eigenvalue weighted by Crippen LogP contribution is 2.42. The predicted molar refractivity (Wildman–Crippen MR) is 133 cm³/mol. The Hall–Kier alpha value is -2.26. The van der Waals surface area contributed by atoms with Crippen molar-refractivity contribution >= 4 is 46.6 Å². The van der Waals surface area contributed by atoms with Gasteiger partial charge in [-0.2, -0.15) is 0 Å². The van der Waals surface area contributed by atoms with Gasteiger partial charge in [-0.3, -0.25) is 14.4 Å². The molecule has 3 heterocycles. The van der Waals surface area contributed by atoms with Gasteiger partial charge in [0.2, 0.25) is 0 Å². The van der Waals surface area contributed by atoms with Crippen LogP contribution in [0.3, 0.4) is 0 Å². The minimum atomic E-state index is -1.06. The number of hydrogen-bond donors (Lipinski definition) is 1. The topological polar surface area (TPSA) is 99.5 Å². The molecule has 188 valence electrons. The largest absolute Gasteiger partial charge is 0.384 e. The number of allylic oxidation sites excluding steroid dienone is 1. The molecule has 3 amide bonds. The van der Waals surface area contributed by atoms with Gasteiger partial charge in [0.15, 0.2) is 0 Å². The molecule has 0 spiro atoms. The van der Waals surface area contributed by atoms with Crippen molar-refractivity contribution in [1.29, 1.82) is 0 Å².